The van der Waals surface area contributed by atoms with Crippen molar-refractivity contribution in [2.45, 2.75) is 31.7 Å². The van der Waals surface area contributed by atoms with Gasteiger partial charge in [-0.2, -0.15) is 0 Å². The number of anilines is 1. The van der Waals surface area contributed by atoms with E-state index >= 15 is 0 Å². The van der Waals surface area contributed by atoms with Crippen LogP contribution in [-0.2, 0) is 12.8 Å². The summed E-state index contributed by atoms with van der Waals surface area (Å²) in [6.07, 6.45) is 4.74. The maximum atomic E-state index is 11.8. The molecule has 0 aliphatic carbocycles. The summed E-state index contributed by atoms with van der Waals surface area (Å²) in [5.74, 6) is 0.398. The predicted octanol–water partition coefficient (Wildman–Crippen LogP) is 5.07. The molecule has 0 spiro atoms. The Hall–Kier alpha value is -2.93. The van der Waals surface area contributed by atoms with Gasteiger partial charge in [-0.05, 0) is 61.1 Å². The van der Waals surface area contributed by atoms with Crippen LogP contribution in [0.2, 0.25) is 0 Å². The molecule has 1 atom stereocenters. The second-order valence-electron chi connectivity index (χ2n) is 7.59. The second-order valence-corrected chi connectivity index (χ2v) is 8.50. The summed E-state index contributed by atoms with van der Waals surface area (Å²) in [7, 11) is 1.64. The summed E-state index contributed by atoms with van der Waals surface area (Å²) in [6, 6.07) is 16.3. The van der Waals surface area contributed by atoms with Crippen molar-refractivity contribution in [3.05, 3.63) is 81.6 Å². The fourth-order valence-corrected chi connectivity index (χ4v) is 4.27. The maximum Gasteiger partial charge on any atom is 0.339 e. The van der Waals surface area contributed by atoms with E-state index in [1.165, 1.54) is 11.8 Å². The number of benzene rings is 2. The summed E-state index contributed by atoms with van der Waals surface area (Å²) < 4.78 is 6.25. The number of hydrogen-bond donors (Lipinski definition) is 1. The van der Waals surface area contributed by atoms with Crippen LogP contribution >= 0.6 is 15.9 Å². The van der Waals surface area contributed by atoms with Crippen LogP contribution in [0.3, 0.4) is 0 Å². The summed E-state index contributed by atoms with van der Waals surface area (Å²) in [4.78, 5) is 23.1. The lowest BCUT2D eigenvalue weighted by atomic mass is 10.0. The lowest BCUT2D eigenvalue weighted by Gasteiger charge is -2.25. The molecule has 1 fully saturated rings. The zero-order chi connectivity index (χ0) is 21.8. The molecule has 2 aromatic carbocycles. The van der Waals surface area contributed by atoms with Crippen molar-refractivity contribution in [2.75, 3.05) is 18.6 Å². The fourth-order valence-electron chi connectivity index (χ4n) is 4.01. The number of hydrogen-bond acceptors (Lipinski definition) is 5. The van der Waals surface area contributed by atoms with Gasteiger partial charge in [-0.1, -0.05) is 40.2 Å². The number of aryl methyl sites for hydroxylation is 2. The summed E-state index contributed by atoms with van der Waals surface area (Å²) >= 11 is 3.49. The van der Waals surface area contributed by atoms with Gasteiger partial charge < -0.3 is 14.7 Å². The van der Waals surface area contributed by atoms with Crippen molar-refractivity contribution < 1.29 is 14.6 Å². The largest absolute Gasteiger partial charge is 0.497 e. The monoisotopic (exact) mass is 481 g/mol. The molecule has 1 saturated heterocycles. The first-order chi connectivity index (χ1) is 15.0. The number of ether oxygens (including phenoxy) is 1. The van der Waals surface area contributed by atoms with Gasteiger partial charge in [-0.15, -0.1) is 0 Å². The van der Waals surface area contributed by atoms with Gasteiger partial charge in [0, 0.05) is 17.2 Å². The molecular formula is C24H24BrN3O3. The van der Waals surface area contributed by atoms with Gasteiger partial charge in [0.1, 0.15) is 5.75 Å². The molecule has 31 heavy (non-hydrogen) atoms. The normalized spacial score (nSPS) is 15.8. The Bertz CT molecular complexity index is 1050. The molecule has 4 rings (SSSR count). The number of aromatic nitrogens is 2. The first-order valence-corrected chi connectivity index (χ1v) is 11.1. The Kier molecular flexibility index (Phi) is 6.51. The quantitative estimate of drug-likeness (QED) is 0.507. The molecule has 2 heterocycles. The highest BCUT2D eigenvalue weighted by molar-refractivity contribution is 9.10. The van der Waals surface area contributed by atoms with E-state index in [2.05, 4.69) is 37.9 Å². The molecule has 0 unspecified atom stereocenters. The topological polar surface area (TPSA) is 75.5 Å². The summed E-state index contributed by atoms with van der Waals surface area (Å²) in [6.45, 7) is 0.852. The van der Waals surface area contributed by atoms with Gasteiger partial charge in [0.15, 0.2) is 0 Å². The number of carboxylic acids is 1. The Balaban J connectivity index is 1.58. The van der Waals surface area contributed by atoms with Crippen LogP contribution in [0.15, 0.2) is 59.2 Å². The van der Waals surface area contributed by atoms with Gasteiger partial charge >= 0.3 is 5.97 Å². The number of methoxy groups -OCH3 is 1. The van der Waals surface area contributed by atoms with Crippen molar-refractivity contribution in [1.82, 2.24) is 9.97 Å². The van der Waals surface area contributed by atoms with Crippen LogP contribution in [0, 0.1) is 0 Å². The highest BCUT2D eigenvalue weighted by Gasteiger charge is 2.29. The summed E-state index contributed by atoms with van der Waals surface area (Å²) in [5.41, 5.74) is 3.05. The molecular weight excluding hydrogens is 458 g/mol. The molecule has 6 nitrogen and oxygen atoms in total. The number of nitrogens with zero attached hydrogens (tertiary/aromatic N) is 3. The number of carbonyl (C=O) groups is 1. The van der Waals surface area contributed by atoms with Crippen LogP contribution in [0.1, 0.15) is 46.1 Å². The Morgan fingerprint density at radius 3 is 2.58 bits per heavy atom. The van der Waals surface area contributed by atoms with Crippen molar-refractivity contribution >= 4 is 27.8 Å². The minimum absolute atomic E-state index is 0.164. The summed E-state index contributed by atoms with van der Waals surface area (Å²) in [5, 5.41) is 9.63. The van der Waals surface area contributed by atoms with E-state index < -0.39 is 5.97 Å². The average molecular weight is 482 g/mol. The molecule has 160 valence electrons. The molecule has 0 radical (unpaired) electrons. The molecule has 1 N–H and O–H groups in total. The second kappa shape index (κ2) is 9.47. The standard InChI is InChI=1S/C24H24BrN3O3/c1-31-19-11-4-16(5-12-19)6-13-21-20(23(29)30)15-26-24(27-21)28-14-2-3-22(28)17-7-9-18(25)10-8-17/h4-5,7-12,15,22H,2-3,6,13-14H2,1H3,(H,29,30)/t22-/m1/s1. The van der Waals surface area contributed by atoms with Crippen molar-refractivity contribution in [1.29, 1.82) is 0 Å². The molecule has 0 saturated carbocycles. The Morgan fingerprint density at radius 2 is 1.90 bits per heavy atom. The van der Waals surface area contributed by atoms with Gasteiger partial charge in [-0.3, -0.25) is 0 Å². The minimum atomic E-state index is -0.998. The maximum absolute atomic E-state index is 11.8. The van der Waals surface area contributed by atoms with E-state index in [-0.39, 0.29) is 11.6 Å². The molecule has 7 heteroatoms. The lowest BCUT2D eigenvalue weighted by molar-refractivity contribution is 0.0694. The van der Waals surface area contributed by atoms with E-state index in [0.29, 0.717) is 24.5 Å². The van der Waals surface area contributed by atoms with Crippen LogP contribution in [-0.4, -0.2) is 34.7 Å². The highest BCUT2D eigenvalue weighted by atomic mass is 79.9. The van der Waals surface area contributed by atoms with Crippen LogP contribution in [0.4, 0.5) is 5.95 Å². The molecule has 0 bridgehead atoms. The van der Waals surface area contributed by atoms with Crippen molar-refractivity contribution in [3.8, 4) is 5.75 Å². The third kappa shape index (κ3) is 4.88. The third-order valence-electron chi connectivity index (χ3n) is 5.66. The van der Waals surface area contributed by atoms with E-state index in [9.17, 15) is 9.90 Å². The van der Waals surface area contributed by atoms with Gasteiger partial charge in [-0.25, -0.2) is 14.8 Å². The van der Waals surface area contributed by atoms with Crippen LogP contribution in [0.5, 0.6) is 5.75 Å². The average Bonchev–Trinajstić information content (AvgIpc) is 3.28. The number of rotatable bonds is 7. The first-order valence-electron chi connectivity index (χ1n) is 10.3. The van der Waals surface area contributed by atoms with Crippen LogP contribution < -0.4 is 9.64 Å². The predicted molar refractivity (Wildman–Crippen MR) is 123 cm³/mol. The molecule has 0 amide bonds. The van der Waals surface area contributed by atoms with Gasteiger partial charge in [0.05, 0.1) is 24.4 Å². The zero-order valence-corrected chi connectivity index (χ0v) is 18.9. The molecule has 1 aliphatic rings. The van der Waals surface area contributed by atoms with Crippen molar-refractivity contribution in [3.63, 3.8) is 0 Å². The zero-order valence-electron chi connectivity index (χ0n) is 17.3. The number of carboxylic acid groups (broad SMARTS) is 1. The fraction of sp³-hybridized carbons (Fsp3) is 0.292. The number of halogens is 1. The van der Waals surface area contributed by atoms with E-state index in [4.69, 9.17) is 9.72 Å². The van der Waals surface area contributed by atoms with Crippen molar-refractivity contribution in [2.24, 2.45) is 0 Å². The first kappa shape index (κ1) is 21.3. The Morgan fingerprint density at radius 1 is 1.16 bits per heavy atom. The number of aromatic carboxylic acids is 1. The molecule has 3 aromatic rings. The SMILES string of the molecule is COc1ccc(CCc2nc(N3CCC[C@@H]3c3ccc(Br)cc3)ncc2C(=O)O)cc1. The minimum Gasteiger partial charge on any atom is -0.497 e. The molecule has 1 aromatic heterocycles. The third-order valence-corrected chi connectivity index (χ3v) is 6.19. The highest BCUT2D eigenvalue weighted by Crippen LogP contribution is 2.35. The van der Waals surface area contributed by atoms with Gasteiger partial charge in [0.25, 0.3) is 0 Å². The van der Waals surface area contributed by atoms with E-state index in [0.717, 1.165) is 35.2 Å². The molecule has 1 aliphatic heterocycles. The van der Waals surface area contributed by atoms with Crippen LogP contribution in [0.25, 0.3) is 0 Å². The van der Waals surface area contributed by atoms with E-state index in [1.807, 2.05) is 36.4 Å². The van der Waals surface area contributed by atoms with Gasteiger partial charge in [0.2, 0.25) is 5.95 Å². The Labute approximate surface area is 190 Å². The van der Waals surface area contributed by atoms with E-state index in [1.54, 1.807) is 7.11 Å². The smallest absolute Gasteiger partial charge is 0.339 e. The lowest BCUT2D eigenvalue weighted by Crippen LogP contribution is -2.25.